The molecule has 1 aliphatic heterocycles. The molecule has 1 aromatic heterocycles. The molecule has 0 atom stereocenters. The zero-order valence-electron chi connectivity index (χ0n) is 16.5. The highest BCUT2D eigenvalue weighted by Crippen LogP contribution is 2.34. The summed E-state index contributed by atoms with van der Waals surface area (Å²) < 4.78 is 10.5. The number of hydrogen-bond donors (Lipinski definition) is 0. The first-order valence-corrected chi connectivity index (χ1v) is 9.79. The van der Waals surface area contributed by atoms with Gasteiger partial charge in [-0.25, -0.2) is 0 Å². The van der Waals surface area contributed by atoms with E-state index in [1.165, 1.54) is 12.1 Å². The molecule has 0 aliphatic carbocycles. The Labute approximate surface area is 175 Å². The van der Waals surface area contributed by atoms with E-state index in [2.05, 4.69) is 0 Å². The van der Waals surface area contributed by atoms with Crippen LogP contribution in [0.1, 0.15) is 23.8 Å². The molecule has 0 N–H and O–H groups in total. The number of carbonyl (C=O) groups is 3. The molecule has 0 spiro atoms. The van der Waals surface area contributed by atoms with Crippen molar-refractivity contribution in [2.75, 3.05) is 13.2 Å². The highest BCUT2D eigenvalue weighted by Gasteiger charge is 2.36. The van der Waals surface area contributed by atoms with Crippen LogP contribution in [0.3, 0.4) is 0 Å². The van der Waals surface area contributed by atoms with Crippen molar-refractivity contribution in [3.05, 3.63) is 56.2 Å². The summed E-state index contributed by atoms with van der Waals surface area (Å²) in [4.78, 5) is 47.8. The maximum atomic E-state index is 12.4. The Hall–Kier alpha value is -3.40. The number of amides is 2. The Bertz CT molecular complexity index is 1090. The van der Waals surface area contributed by atoms with E-state index < -0.39 is 28.6 Å². The highest BCUT2D eigenvalue weighted by atomic mass is 32.2. The summed E-state index contributed by atoms with van der Waals surface area (Å²) in [7, 11) is 0. The molecule has 1 fully saturated rings. The molecule has 1 aliphatic rings. The van der Waals surface area contributed by atoms with Crippen molar-refractivity contribution in [3.63, 3.8) is 0 Å². The van der Waals surface area contributed by atoms with Gasteiger partial charge in [0.05, 0.1) is 16.4 Å². The van der Waals surface area contributed by atoms with Crippen LogP contribution < -0.4 is 0 Å². The molecule has 30 heavy (non-hydrogen) atoms. The Morgan fingerprint density at radius 1 is 1.30 bits per heavy atom. The van der Waals surface area contributed by atoms with Crippen molar-refractivity contribution in [1.29, 1.82) is 0 Å². The second-order valence-corrected chi connectivity index (χ2v) is 7.46. The molecule has 0 radical (unpaired) electrons. The van der Waals surface area contributed by atoms with E-state index in [4.69, 9.17) is 9.15 Å². The van der Waals surface area contributed by atoms with Gasteiger partial charge in [0.15, 0.2) is 0 Å². The van der Waals surface area contributed by atoms with Gasteiger partial charge in [0, 0.05) is 23.3 Å². The summed E-state index contributed by atoms with van der Waals surface area (Å²) in [6.45, 7) is 4.78. The maximum Gasteiger partial charge on any atom is 0.326 e. The third-order valence-corrected chi connectivity index (χ3v) is 5.39. The number of furan rings is 1. The van der Waals surface area contributed by atoms with Crippen LogP contribution >= 0.6 is 11.8 Å². The molecule has 2 heterocycles. The van der Waals surface area contributed by atoms with Crippen LogP contribution in [0.4, 0.5) is 10.5 Å². The minimum Gasteiger partial charge on any atom is -0.465 e. The number of benzene rings is 1. The summed E-state index contributed by atoms with van der Waals surface area (Å²) in [6.07, 6.45) is 1.40. The average molecular weight is 430 g/mol. The molecule has 156 valence electrons. The van der Waals surface area contributed by atoms with Crippen LogP contribution in [0.15, 0.2) is 33.6 Å². The summed E-state index contributed by atoms with van der Waals surface area (Å²) in [5.74, 6) is -0.596. The van der Waals surface area contributed by atoms with Crippen LogP contribution in [0, 0.1) is 24.0 Å². The van der Waals surface area contributed by atoms with E-state index in [0.29, 0.717) is 34.4 Å². The van der Waals surface area contributed by atoms with Gasteiger partial charge in [-0.3, -0.25) is 29.4 Å². The first-order valence-electron chi connectivity index (χ1n) is 8.98. The van der Waals surface area contributed by atoms with E-state index in [1.54, 1.807) is 39.0 Å². The largest absolute Gasteiger partial charge is 0.465 e. The topological polar surface area (TPSA) is 120 Å². The molecule has 0 saturated carbocycles. The zero-order chi connectivity index (χ0) is 22.0. The molecule has 1 saturated heterocycles. The minimum absolute atomic E-state index is 0.0111. The maximum absolute atomic E-state index is 12.4. The smallest absolute Gasteiger partial charge is 0.326 e. The van der Waals surface area contributed by atoms with Crippen LogP contribution in [0.25, 0.3) is 17.4 Å². The molecule has 10 heteroatoms. The van der Waals surface area contributed by atoms with Crippen molar-refractivity contribution in [1.82, 2.24) is 4.90 Å². The Balaban J connectivity index is 1.84. The number of rotatable bonds is 6. The lowest BCUT2D eigenvalue weighted by Gasteiger charge is -2.10. The molecule has 1 aromatic carbocycles. The quantitative estimate of drug-likeness (QED) is 0.291. The van der Waals surface area contributed by atoms with Crippen LogP contribution in [0.2, 0.25) is 0 Å². The molecular weight excluding hydrogens is 412 g/mol. The van der Waals surface area contributed by atoms with Gasteiger partial charge in [-0.05, 0) is 56.3 Å². The number of ether oxygens (including phenoxy) is 1. The number of thioether (sulfide) groups is 1. The van der Waals surface area contributed by atoms with Gasteiger partial charge < -0.3 is 9.15 Å². The van der Waals surface area contributed by atoms with Crippen LogP contribution in [-0.2, 0) is 14.3 Å². The standard InChI is InChI=1S/C20H18N2O7S/c1-4-28-18(23)10-21-19(24)17(30-20(21)25)9-14-5-6-16(29-14)13-7-11(2)12(3)15(8-13)22(26)27/h5-9H,4,10H2,1-3H3/b17-9+. The van der Waals surface area contributed by atoms with Gasteiger partial charge >= 0.3 is 5.97 Å². The summed E-state index contributed by atoms with van der Waals surface area (Å²) in [6, 6.07) is 6.43. The molecule has 9 nitrogen and oxygen atoms in total. The van der Waals surface area contributed by atoms with E-state index in [9.17, 15) is 24.5 Å². The lowest BCUT2D eigenvalue weighted by molar-refractivity contribution is -0.385. The normalized spacial score (nSPS) is 15.2. The third-order valence-electron chi connectivity index (χ3n) is 4.49. The van der Waals surface area contributed by atoms with E-state index in [0.717, 1.165) is 10.5 Å². The van der Waals surface area contributed by atoms with Gasteiger partial charge in [0.2, 0.25) is 0 Å². The third kappa shape index (κ3) is 4.28. The highest BCUT2D eigenvalue weighted by molar-refractivity contribution is 8.18. The molecule has 0 unspecified atom stereocenters. The van der Waals surface area contributed by atoms with Gasteiger partial charge in [0.1, 0.15) is 18.1 Å². The number of nitro benzene ring substituents is 1. The van der Waals surface area contributed by atoms with Gasteiger partial charge in [-0.1, -0.05) is 0 Å². The molecule has 2 amide bonds. The second kappa shape index (κ2) is 8.54. The monoisotopic (exact) mass is 430 g/mol. The van der Waals surface area contributed by atoms with Crippen molar-refractivity contribution in [2.24, 2.45) is 0 Å². The predicted molar refractivity (Wildman–Crippen MR) is 110 cm³/mol. The van der Waals surface area contributed by atoms with E-state index in [-0.39, 0.29) is 17.2 Å². The fourth-order valence-corrected chi connectivity index (χ4v) is 3.68. The number of esters is 1. The van der Waals surface area contributed by atoms with Gasteiger partial charge in [0.25, 0.3) is 16.8 Å². The van der Waals surface area contributed by atoms with Gasteiger partial charge in [-0.15, -0.1) is 0 Å². The fraction of sp³-hybridized carbons (Fsp3) is 0.250. The van der Waals surface area contributed by atoms with Crippen molar-refractivity contribution < 1.29 is 28.5 Å². The SMILES string of the molecule is CCOC(=O)CN1C(=O)S/C(=C/c2ccc(-c3cc(C)c(C)c([N+](=O)[O-])c3)o2)C1=O. The van der Waals surface area contributed by atoms with Crippen molar-refractivity contribution >= 4 is 40.6 Å². The second-order valence-electron chi connectivity index (χ2n) is 6.47. The van der Waals surface area contributed by atoms with E-state index >= 15 is 0 Å². The summed E-state index contributed by atoms with van der Waals surface area (Å²) in [5.41, 5.74) is 1.84. The number of nitro groups is 1. The Morgan fingerprint density at radius 3 is 2.70 bits per heavy atom. The number of hydrogen-bond acceptors (Lipinski definition) is 8. The fourth-order valence-electron chi connectivity index (χ4n) is 2.86. The van der Waals surface area contributed by atoms with E-state index in [1.807, 2.05) is 0 Å². The lowest BCUT2D eigenvalue weighted by atomic mass is 10.0. The van der Waals surface area contributed by atoms with Crippen LogP contribution in [0.5, 0.6) is 0 Å². The Morgan fingerprint density at radius 2 is 2.03 bits per heavy atom. The minimum atomic E-state index is -0.669. The van der Waals surface area contributed by atoms with Crippen molar-refractivity contribution in [3.8, 4) is 11.3 Å². The summed E-state index contributed by atoms with van der Waals surface area (Å²) >= 11 is 0.694. The van der Waals surface area contributed by atoms with Crippen molar-refractivity contribution in [2.45, 2.75) is 20.8 Å². The number of carbonyl (C=O) groups excluding carboxylic acids is 3. The lowest BCUT2D eigenvalue weighted by Crippen LogP contribution is -2.34. The molecule has 0 bridgehead atoms. The number of nitrogens with zero attached hydrogens (tertiary/aromatic N) is 2. The predicted octanol–water partition coefficient (Wildman–Crippen LogP) is 4.07. The van der Waals surface area contributed by atoms with Gasteiger partial charge in [-0.2, -0.15) is 0 Å². The number of imide groups is 1. The molecular formula is C20H18N2O7S. The molecule has 2 aromatic rings. The van der Waals surface area contributed by atoms with Crippen LogP contribution in [-0.4, -0.2) is 40.1 Å². The number of aryl methyl sites for hydroxylation is 1. The average Bonchev–Trinajstić information content (AvgIpc) is 3.24. The first kappa shape index (κ1) is 21.3. The Kier molecular flexibility index (Phi) is 6.06. The summed E-state index contributed by atoms with van der Waals surface area (Å²) in [5, 5.41) is 10.7. The zero-order valence-corrected chi connectivity index (χ0v) is 17.3. The first-order chi connectivity index (χ1) is 14.2. The molecule has 3 rings (SSSR count).